The van der Waals surface area contributed by atoms with Gasteiger partial charge in [-0.2, -0.15) is 9.13 Å². The molecule has 1 aromatic carbocycles. The quantitative estimate of drug-likeness (QED) is 0.142. The number of para-hydroxylation sites is 1. The summed E-state index contributed by atoms with van der Waals surface area (Å²) in [5, 5.41) is 8.87. The lowest BCUT2D eigenvalue weighted by Crippen LogP contribution is -2.32. The Morgan fingerprint density at radius 1 is 0.410 bits per heavy atom. The van der Waals surface area contributed by atoms with Crippen LogP contribution in [0.5, 0.6) is 0 Å². The number of imidazole rings is 2. The van der Waals surface area contributed by atoms with E-state index < -0.39 is 20.9 Å². The van der Waals surface area contributed by atoms with Crippen LogP contribution in [0.2, 0.25) is 0 Å². The number of thiophene rings is 1. The zero-order chi connectivity index (χ0) is 76.9. The molecule has 502 valence electrons. The van der Waals surface area contributed by atoms with Crippen LogP contribution in [0.4, 0.5) is 0 Å². The fraction of sp³-hybridized carbons (Fsp3) is 0.113. The molecule has 0 radical (unpaired) electrons. The van der Waals surface area contributed by atoms with Gasteiger partial charge in [-0.05, 0) is 84.9 Å². The van der Waals surface area contributed by atoms with Gasteiger partial charge in [-0.3, -0.25) is 49.8 Å². The number of furan rings is 1. The van der Waals surface area contributed by atoms with Crippen molar-refractivity contribution in [2.45, 2.75) is 32.7 Å². The normalized spacial score (nSPS) is 14.6. The van der Waals surface area contributed by atoms with Gasteiger partial charge in [0.05, 0.1) is 129 Å². The van der Waals surface area contributed by atoms with E-state index in [9.17, 15) is 0 Å². The van der Waals surface area contributed by atoms with Gasteiger partial charge in [0.1, 0.15) is 69.1 Å². The molecular weight excluding hydrogens is 1390 g/mol. The number of thiazole rings is 3. The first kappa shape index (κ1) is 51.6. The number of benzene rings is 1. The predicted octanol–water partition coefficient (Wildman–Crippen LogP) is 13.5. The highest BCUT2D eigenvalue weighted by Crippen LogP contribution is 2.45. The van der Waals surface area contributed by atoms with Crippen molar-refractivity contribution in [3.8, 4) is 60.2 Å². The molecule has 20 aromatic heterocycles. The van der Waals surface area contributed by atoms with Gasteiger partial charge in [-0.25, -0.2) is 36.5 Å². The van der Waals surface area contributed by atoms with E-state index in [0.717, 1.165) is 105 Å². The summed E-state index contributed by atoms with van der Waals surface area (Å²) >= 11 is 6.76. The molecule has 0 saturated carbocycles. The monoisotopic (exact) mass is 1450 g/mol. The smallest absolute Gasteiger partial charge is 0.339 e. The minimum Gasteiger partial charge on any atom is -0.417 e. The largest absolute Gasteiger partial charge is 0.417 e. The molecule has 21 aromatic rings. The van der Waals surface area contributed by atoms with Crippen molar-refractivity contribution in [2.75, 3.05) is 0 Å². The number of rotatable bonds is 1. The summed E-state index contributed by atoms with van der Waals surface area (Å²) in [6.07, 6.45) is 26.9. The number of hydrogen-bond acceptors (Lipinski definition) is 15. The molecule has 0 saturated heterocycles. The number of nitrogens with zero attached hydrogens (tertiary/aromatic N) is 20. The van der Waals surface area contributed by atoms with Crippen LogP contribution in [-0.4, -0.2) is 72.7 Å². The van der Waals surface area contributed by atoms with Crippen molar-refractivity contribution in [3.05, 3.63) is 243 Å². The van der Waals surface area contributed by atoms with Crippen LogP contribution in [0.1, 0.15) is 40.8 Å². The van der Waals surface area contributed by atoms with Crippen LogP contribution in [-0.2, 0) is 60.7 Å². The lowest BCUT2D eigenvalue weighted by molar-refractivity contribution is -0.645. The second kappa shape index (κ2) is 23.0. The van der Waals surface area contributed by atoms with Crippen LogP contribution < -0.4 is 22.8 Å². The third kappa shape index (κ3) is 8.73. The van der Waals surface area contributed by atoms with E-state index in [0.29, 0.717) is 48.1 Å². The summed E-state index contributed by atoms with van der Waals surface area (Å²) in [5.41, 5.74) is 20.6. The van der Waals surface area contributed by atoms with Gasteiger partial charge >= 0.3 is 22.7 Å². The first-order valence-corrected chi connectivity index (χ1v) is 37.0. The molecule has 21 nitrogen and oxygen atoms in total. The second-order valence-corrected chi connectivity index (χ2v) is 29.9. The summed E-state index contributed by atoms with van der Waals surface area (Å²) in [7, 11) is 2.13. The third-order valence-electron chi connectivity index (χ3n) is 20.4. The summed E-state index contributed by atoms with van der Waals surface area (Å²) in [4.78, 5) is 44.1. The van der Waals surface area contributed by atoms with E-state index in [1.165, 1.54) is 100 Å². The number of hydrogen-bond donors (Lipinski definition) is 0. The summed E-state index contributed by atoms with van der Waals surface area (Å²) in [5.74, 6) is 1.33. The maximum absolute atomic E-state index is 8.01. The van der Waals surface area contributed by atoms with Crippen LogP contribution >= 0.6 is 45.3 Å². The zero-order valence-corrected chi connectivity index (χ0v) is 58.5. The van der Waals surface area contributed by atoms with E-state index >= 15 is 0 Å². The Morgan fingerprint density at radius 3 is 1.46 bits per heavy atom. The Hall–Kier alpha value is -12.6. The number of aryl methyl sites for hydroxylation is 4. The molecule has 0 N–H and O–H groups in total. The molecule has 26 rings (SSSR count). The lowest BCUT2D eigenvalue weighted by atomic mass is 10.2. The molecule has 0 bridgehead atoms. The Morgan fingerprint density at radius 2 is 0.876 bits per heavy atom. The van der Waals surface area contributed by atoms with Crippen LogP contribution in [0.3, 0.4) is 0 Å². The fourth-order valence-corrected chi connectivity index (χ4v) is 20.9. The van der Waals surface area contributed by atoms with Crippen molar-refractivity contribution >= 4 is 152 Å². The third-order valence-corrected chi connectivity index (χ3v) is 25.2. The summed E-state index contributed by atoms with van der Waals surface area (Å²) in [6.45, 7) is -3.43. The molecule has 0 unspecified atom stereocenters. The summed E-state index contributed by atoms with van der Waals surface area (Å²) < 4.78 is 102. The molecule has 0 fully saturated rings. The van der Waals surface area contributed by atoms with Crippen LogP contribution in [0, 0.1) is 0 Å². The lowest BCUT2D eigenvalue weighted by Gasteiger charge is -2.00. The molecular formula is C80H57N20OS4+5. The van der Waals surface area contributed by atoms with E-state index in [1.807, 2.05) is 125 Å². The Kier molecular flexibility index (Phi) is 11.3. The van der Waals surface area contributed by atoms with Crippen molar-refractivity contribution in [2.24, 2.45) is 28.0 Å². The summed E-state index contributed by atoms with van der Waals surface area (Å²) in [6, 6.07) is 40.1. The molecule has 0 spiro atoms. The van der Waals surface area contributed by atoms with Gasteiger partial charge in [0.15, 0.2) is 26.1 Å². The van der Waals surface area contributed by atoms with Gasteiger partial charge < -0.3 is 4.42 Å². The van der Waals surface area contributed by atoms with Crippen molar-refractivity contribution in [1.29, 1.82) is 0 Å². The van der Waals surface area contributed by atoms with Gasteiger partial charge in [-0.15, -0.1) is 0 Å². The predicted molar refractivity (Wildman–Crippen MR) is 408 cm³/mol. The Balaban J connectivity index is 0.0000000870. The first-order chi connectivity index (χ1) is 55.4. The number of aromatic nitrogens is 20. The minimum atomic E-state index is -2.35. The maximum atomic E-state index is 8.01. The Bertz CT molecular complexity index is 7450. The highest BCUT2D eigenvalue weighted by Gasteiger charge is 2.40. The van der Waals surface area contributed by atoms with Crippen LogP contribution in [0.15, 0.2) is 219 Å². The molecule has 105 heavy (non-hydrogen) atoms. The van der Waals surface area contributed by atoms with Gasteiger partial charge in [0.25, 0.3) is 11.6 Å². The molecule has 0 atom stereocenters. The minimum absolute atomic E-state index is 0.345. The standard InChI is InChI=1S/C20H13N4S.C15H11N4O.3C15H11N4S/c1-2-5-13(6-3-1)24-17-8-10-21-11-15(17)18-19(24)23-12-16-14(20(23)25-18)7-4-9-22-16;1-18-14-9-3-2-5-17-11(9)8-19(14)13-10-4-6-16-7-12(10)20-15(13)18;2*1-18-12-4-6-16-7-10(12)13-14(18)19-8-11-9(15(19)20-13)3-2-5-17-11;1-18-14-9-3-2-5-17-11(9)8-19(14)13-10-4-6-16-7-12(10)20-15(13)18/h1-11H,12H2;4*2-7H,8H2,1H3/q5*+1/i;2*1D3;;1D3. The maximum Gasteiger partial charge on any atom is 0.339 e. The molecule has 5 aliphatic rings. The molecule has 25 heteroatoms. The highest BCUT2D eigenvalue weighted by molar-refractivity contribution is 7.25. The van der Waals surface area contributed by atoms with E-state index in [2.05, 4.69) is 139 Å². The SMILES string of the molecule is Cn1c2ccncc2c2sc3[n+](c21)Cc1ncccc1-3.[2H]C([2H])([2H])[n+]1c2n(c3c4ccncc4oc31)Cc1ncccc1-2.[2H]C([2H])([2H])[n+]1c2n(c3c4ccncc4sc31)Cc1ncccc1-2.[2H]C([2H])([2H])n1c2ccncc2c2sc3[n+](c21)Cc1ncccc1-3.c1ccc(-n2c3ccncc3c3sc4[n+](c32)Cc2ncccc2-4)cc1. The van der Waals surface area contributed by atoms with Gasteiger partial charge in [0.2, 0.25) is 10.3 Å². The van der Waals surface area contributed by atoms with Gasteiger partial charge in [0, 0.05) is 110 Å². The zero-order valence-electron chi connectivity index (χ0n) is 64.2. The van der Waals surface area contributed by atoms with Crippen molar-refractivity contribution < 1.29 is 39.6 Å². The van der Waals surface area contributed by atoms with Crippen molar-refractivity contribution in [1.82, 2.24) is 72.7 Å². The molecule has 0 aliphatic carbocycles. The van der Waals surface area contributed by atoms with E-state index in [-0.39, 0.29) is 0 Å². The number of fused-ring (bicyclic) bond motifs is 35. The van der Waals surface area contributed by atoms with E-state index in [1.54, 1.807) is 73.2 Å². The average molecular weight is 1450 g/mol. The molecule has 25 heterocycles. The van der Waals surface area contributed by atoms with Gasteiger partial charge in [-0.1, -0.05) is 63.5 Å². The molecule has 0 amide bonds. The number of pyridine rings is 10. The Labute approximate surface area is 624 Å². The van der Waals surface area contributed by atoms with Crippen molar-refractivity contribution in [3.63, 3.8) is 0 Å². The fourth-order valence-electron chi connectivity index (χ4n) is 15.9. The molecule has 5 aliphatic heterocycles. The highest BCUT2D eigenvalue weighted by atomic mass is 32.1. The van der Waals surface area contributed by atoms with E-state index in [4.69, 9.17) is 16.8 Å². The topological polar surface area (TPSA) is 186 Å². The first-order valence-electron chi connectivity index (χ1n) is 38.2. The van der Waals surface area contributed by atoms with Crippen LogP contribution in [0.25, 0.3) is 167 Å². The second-order valence-electron chi connectivity index (χ2n) is 25.9. The average Bonchev–Trinajstić information content (AvgIpc) is 1.57.